The minimum atomic E-state index is 0.0633. The summed E-state index contributed by atoms with van der Waals surface area (Å²) in [4.78, 5) is 15.0. The first-order chi connectivity index (χ1) is 9.29. The zero-order chi connectivity index (χ0) is 13.2. The molecule has 2 aromatic carbocycles. The minimum Gasteiger partial charge on any atom is -0.279 e. The second-order valence-electron chi connectivity index (χ2n) is 4.14. The Morgan fingerprint density at radius 1 is 1.11 bits per heavy atom. The lowest BCUT2D eigenvalue weighted by molar-refractivity contribution is -0.115. The fourth-order valence-corrected chi connectivity index (χ4v) is 2.96. The van der Waals surface area contributed by atoms with Crippen molar-refractivity contribution >= 4 is 29.0 Å². The Labute approximate surface area is 115 Å². The number of hydrogen-bond acceptors (Lipinski definition) is 3. The van der Waals surface area contributed by atoms with Gasteiger partial charge in [-0.05, 0) is 36.4 Å². The van der Waals surface area contributed by atoms with E-state index in [1.165, 1.54) is 0 Å². The Morgan fingerprint density at radius 3 is 2.58 bits per heavy atom. The summed E-state index contributed by atoms with van der Waals surface area (Å²) in [6.07, 6.45) is 0. The van der Waals surface area contributed by atoms with Crippen LogP contribution in [0.1, 0.15) is 5.56 Å². The third-order valence-corrected chi connectivity index (χ3v) is 4.01. The Morgan fingerprint density at radius 2 is 1.84 bits per heavy atom. The number of anilines is 2. The van der Waals surface area contributed by atoms with Gasteiger partial charge in [0.2, 0.25) is 5.91 Å². The molecule has 0 unspecified atom stereocenters. The van der Waals surface area contributed by atoms with E-state index in [0.29, 0.717) is 11.3 Å². The van der Waals surface area contributed by atoms with E-state index in [-0.39, 0.29) is 5.91 Å². The van der Waals surface area contributed by atoms with Gasteiger partial charge in [0.05, 0.1) is 23.1 Å². The van der Waals surface area contributed by atoms with Crippen molar-refractivity contribution in [3.8, 4) is 6.07 Å². The van der Waals surface area contributed by atoms with E-state index in [0.717, 1.165) is 16.3 Å². The van der Waals surface area contributed by atoms with Gasteiger partial charge in [-0.1, -0.05) is 12.1 Å². The molecule has 0 bridgehead atoms. The van der Waals surface area contributed by atoms with Crippen LogP contribution < -0.4 is 4.90 Å². The second-order valence-corrected chi connectivity index (χ2v) is 5.16. The van der Waals surface area contributed by atoms with Gasteiger partial charge in [0.15, 0.2) is 0 Å². The number of carbonyl (C=O) groups is 1. The second kappa shape index (κ2) is 4.79. The van der Waals surface area contributed by atoms with Crippen molar-refractivity contribution < 1.29 is 4.79 Å². The van der Waals surface area contributed by atoms with E-state index in [1.807, 2.05) is 36.4 Å². The number of carbonyl (C=O) groups excluding carboxylic acids is 1. The molecule has 3 nitrogen and oxygen atoms in total. The van der Waals surface area contributed by atoms with Crippen LogP contribution >= 0.6 is 11.8 Å². The first-order valence-corrected chi connectivity index (χ1v) is 6.83. The average molecular weight is 266 g/mol. The number of amides is 1. The molecule has 0 fully saturated rings. The van der Waals surface area contributed by atoms with Crippen molar-refractivity contribution in [3.63, 3.8) is 0 Å². The molecule has 0 N–H and O–H groups in total. The number of hydrogen-bond donors (Lipinski definition) is 0. The highest BCUT2D eigenvalue weighted by Crippen LogP contribution is 2.39. The minimum absolute atomic E-state index is 0.0633. The molecule has 2 aromatic rings. The lowest BCUT2D eigenvalue weighted by Gasteiger charge is -2.28. The van der Waals surface area contributed by atoms with Crippen LogP contribution in [-0.2, 0) is 4.79 Å². The molecule has 4 heteroatoms. The van der Waals surface area contributed by atoms with Gasteiger partial charge in [0.25, 0.3) is 0 Å². The maximum Gasteiger partial charge on any atom is 0.241 e. The van der Waals surface area contributed by atoms with Crippen LogP contribution in [0.3, 0.4) is 0 Å². The number of nitriles is 1. The number of para-hydroxylation sites is 1. The molecule has 0 aliphatic carbocycles. The van der Waals surface area contributed by atoms with Crippen LogP contribution in [0.15, 0.2) is 53.4 Å². The van der Waals surface area contributed by atoms with E-state index in [9.17, 15) is 4.79 Å². The molecule has 1 aliphatic heterocycles. The van der Waals surface area contributed by atoms with Gasteiger partial charge in [-0.15, -0.1) is 11.8 Å². The van der Waals surface area contributed by atoms with E-state index in [1.54, 1.807) is 28.8 Å². The summed E-state index contributed by atoms with van der Waals surface area (Å²) in [5.41, 5.74) is 2.31. The highest BCUT2D eigenvalue weighted by molar-refractivity contribution is 8.00. The van der Waals surface area contributed by atoms with Gasteiger partial charge in [-0.3, -0.25) is 9.69 Å². The molecular formula is C15H10N2OS. The molecule has 0 atom stereocenters. The zero-order valence-electron chi connectivity index (χ0n) is 10.0. The monoisotopic (exact) mass is 266 g/mol. The van der Waals surface area contributed by atoms with Crippen LogP contribution in [0.4, 0.5) is 11.4 Å². The lowest BCUT2D eigenvalue weighted by Crippen LogP contribution is -2.30. The number of benzene rings is 2. The summed E-state index contributed by atoms with van der Waals surface area (Å²) in [6.45, 7) is 0. The van der Waals surface area contributed by atoms with Crippen LogP contribution in [0.25, 0.3) is 0 Å². The summed E-state index contributed by atoms with van der Waals surface area (Å²) in [6, 6.07) is 17.0. The molecule has 0 saturated carbocycles. The smallest absolute Gasteiger partial charge is 0.241 e. The molecule has 0 saturated heterocycles. The van der Waals surface area contributed by atoms with Gasteiger partial charge >= 0.3 is 0 Å². The van der Waals surface area contributed by atoms with Crippen molar-refractivity contribution in [2.24, 2.45) is 0 Å². The maximum absolute atomic E-state index is 12.2. The third kappa shape index (κ3) is 2.09. The Kier molecular flexibility index (Phi) is 2.98. The largest absolute Gasteiger partial charge is 0.279 e. The average Bonchev–Trinajstić information content (AvgIpc) is 2.47. The van der Waals surface area contributed by atoms with Gasteiger partial charge < -0.3 is 0 Å². The highest BCUT2D eigenvalue weighted by atomic mass is 32.2. The van der Waals surface area contributed by atoms with Crippen molar-refractivity contribution in [2.75, 3.05) is 10.7 Å². The zero-order valence-corrected chi connectivity index (χ0v) is 10.9. The molecular weight excluding hydrogens is 256 g/mol. The number of rotatable bonds is 1. The molecule has 0 spiro atoms. The summed E-state index contributed by atoms with van der Waals surface area (Å²) in [7, 11) is 0. The Balaban J connectivity index is 2.08. The number of fused-ring (bicyclic) bond motifs is 1. The van der Waals surface area contributed by atoms with E-state index < -0.39 is 0 Å². The van der Waals surface area contributed by atoms with E-state index in [2.05, 4.69) is 6.07 Å². The maximum atomic E-state index is 12.2. The van der Waals surface area contributed by atoms with Gasteiger partial charge in [0, 0.05) is 10.6 Å². The van der Waals surface area contributed by atoms with E-state index >= 15 is 0 Å². The van der Waals surface area contributed by atoms with Gasteiger partial charge in [0.1, 0.15) is 0 Å². The normalized spacial score (nSPS) is 13.8. The molecule has 19 heavy (non-hydrogen) atoms. The predicted molar refractivity (Wildman–Crippen MR) is 75.5 cm³/mol. The predicted octanol–water partition coefficient (Wildman–Crippen LogP) is 3.33. The van der Waals surface area contributed by atoms with Crippen LogP contribution in [0.2, 0.25) is 0 Å². The van der Waals surface area contributed by atoms with Crippen LogP contribution in [0, 0.1) is 11.3 Å². The molecule has 0 radical (unpaired) electrons. The van der Waals surface area contributed by atoms with Crippen molar-refractivity contribution in [1.82, 2.24) is 0 Å². The summed E-state index contributed by atoms with van der Waals surface area (Å²) in [5.74, 6) is 0.505. The first kappa shape index (κ1) is 11.8. The topological polar surface area (TPSA) is 44.1 Å². The lowest BCUT2D eigenvalue weighted by atomic mass is 10.2. The summed E-state index contributed by atoms with van der Waals surface area (Å²) in [5, 5.41) is 8.81. The van der Waals surface area contributed by atoms with Crippen LogP contribution in [0.5, 0.6) is 0 Å². The van der Waals surface area contributed by atoms with Crippen molar-refractivity contribution in [3.05, 3.63) is 54.1 Å². The Hall–Kier alpha value is -2.25. The summed E-state index contributed by atoms with van der Waals surface area (Å²) >= 11 is 1.56. The quantitative estimate of drug-likeness (QED) is 0.795. The molecule has 0 aromatic heterocycles. The fraction of sp³-hybridized carbons (Fsp3) is 0.0667. The molecule has 1 aliphatic rings. The Bertz CT molecular complexity index is 673. The fourth-order valence-electron chi connectivity index (χ4n) is 2.07. The van der Waals surface area contributed by atoms with Crippen LogP contribution in [-0.4, -0.2) is 11.7 Å². The SMILES string of the molecule is N#Cc1ccc(N2C(=O)CSc3ccccc32)cc1. The standard InChI is InChI=1S/C15H10N2OS/c16-9-11-5-7-12(8-6-11)17-13-3-1-2-4-14(13)19-10-15(17)18/h1-8H,10H2. The van der Waals surface area contributed by atoms with Gasteiger partial charge in [-0.2, -0.15) is 5.26 Å². The van der Waals surface area contributed by atoms with E-state index in [4.69, 9.17) is 5.26 Å². The first-order valence-electron chi connectivity index (χ1n) is 5.84. The molecule has 3 rings (SSSR count). The van der Waals surface area contributed by atoms with Crippen molar-refractivity contribution in [1.29, 1.82) is 5.26 Å². The highest BCUT2D eigenvalue weighted by Gasteiger charge is 2.25. The number of nitrogens with zero attached hydrogens (tertiary/aromatic N) is 2. The third-order valence-electron chi connectivity index (χ3n) is 2.96. The molecule has 1 heterocycles. The van der Waals surface area contributed by atoms with Crippen molar-refractivity contribution in [2.45, 2.75) is 4.90 Å². The van der Waals surface area contributed by atoms with Gasteiger partial charge in [-0.25, -0.2) is 0 Å². The molecule has 1 amide bonds. The molecule has 92 valence electrons. The summed E-state index contributed by atoms with van der Waals surface area (Å²) < 4.78 is 0. The number of thioether (sulfide) groups is 1.